The zero-order valence-electron chi connectivity index (χ0n) is 12.3. The van der Waals surface area contributed by atoms with Crippen molar-refractivity contribution in [2.24, 2.45) is 5.14 Å². The molecule has 118 valence electrons. The number of hydrogen-bond donors (Lipinski definition) is 2. The molecule has 0 aliphatic rings. The molecule has 0 unspecified atom stereocenters. The van der Waals surface area contributed by atoms with Gasteiger partial charge < -0.3 is 5.32 Å². The van der Waals surface area contributed by atoms with Crippen molar-refractivity contribution >= 4 is 31.9 Å². The molecule has 0 saturated carbocycles. The summed E-state index contributed by atoms with van der Waals surface area (Å²) in [7, 11) is -3.85. The molecule has 0 atom stereocenters. The van der Waals surface area contributed by atoms with Gasteiger partial charge in [-0.05, 0) is 31.0 Å². The number of carbonyl (C=O) groups is 1. The molecule has 0 radical (unpaired) electrons. The summed E-state index contributed by atoms with van der Waals surface area (Å²) >= 11 is 3.21. The highest BCUT2D eigenvalue weighted by molar-refractivity contribution is 9.10. The molecule has 5 nitrogen and oxygen atoms in total. The summed E-state index contributed by atoms with van der Waals surface area (Å²) in [6.07, 6.45) is 4.25. The molecule has 21 heavy (non-hydrogen) atoms. The number of primary sulfonamides is 1. The number of nitrogens with two attached hydrogens (primary N) is 1. The minimum absolute atomic E-state index is 0.0343. The molecule has 7 heteroatoms. The fourth-order valence-corrected chi connectivity index (χ4v) is 3.47. The Balaban J connectivity index is 2.88. The summed E-state index contributed by atoms with van der Waals surface area (Å²) in [5.74, 6) is -0.282. The first kappa shape index (κ1) is 18.1. The standard InChI is InChI=1S/C14H21BrN2O3S/c1-3-4-5-6-7-17-14(18)12-8-11(15)9-13(10(12)2)21(16,19)20/h8-9H,3-7H2,1-2H3,(H,17,18)(H2,16,19,20). The number of carbonyl (C=O) groups excluding carboxylic acids is 1. The van der Waals surface area contributed by atoms with E-state index in [1.807, 2.05) is 0 Å². The molecule has 0 spiro atoms. The quantitative estimate of drug-likeness (QED) is 0.716. The van der Waals surface area contributed by atoms with E-state index in [1.165, 1.54) is 6.07 Å². The van der Waals surface area contributed by atoms with Gasteiger partial charge in [-0.2, -0.15) is 0 Å². The lowest BCUT2D eigenvalue weighted by atomic mass is 10.1. The van der Waals surface area contributed by atoms with Crippen molar-refractivity contribution in [3.63, 3.8) is 0 Å². The Hall–Kier alpha value is -0.920. The topological polar surface area (TPSA) is 89.3 Å². The van der Waals surface area contributed by atoms with Crippen LogP contribution in [-0.4, -0.2) is 20.9 Å². The van der Waals surface area contributed by atoms with Crippen molar-refractivity contribution < 1.29 is 13.2 Å². The molecule has 1 aromatic carbocycles. The molecule has 0 heterocycles. The van der Waals surface area contributed by atoms with Crippen LogP contribution in [0.3, 0.4) is 0 Å². The van der Waals surface area contributed by atoms with Gasteiger partial charge in [0.1, 0.15) is 0 Å². The molecule has 1 aromatic rings. The van der Waals surface area contributed by atoms with E-state index < -0.39 is 10.0 Å². The van der Waals surface area contributed by atoms with Crippen LogP contribution in [0.5, 0.6) is 0 Å². The third kappa shape index (κ3) is 5.41. The lowest BCUT2D eigenvalue weighted by Gasteiger charge is -2.11. The summed E-state index contributed by atoms with van der Waals surface area (Å²) in [4.78, 5) is 12.1. The van der Waals surface area contributed by atoms with Crippen LogP contribution in [0.2, 0.25) is 0 Å². The first-order valence-corrected chi connectivity index (χ1v) is 9.22. The number of benzene rings is 1. The van der Waals surface area contributed by atoms with E-state index in [2.05, 4.69) is 28.2 Å². The Morgan fingerprint density at radius 2 is 1.95 bits per heavy atom. The smallest absolute Gasteiger partial charge is 0.251 e. The largest absolute Gasteiger partial charge is 0.352 e. The zero-order chi connectivity index (χ0) is 16.0. The number of unbranched alkanes of at least 4 members (excludes halogenated alkanes) is 3. The highest BCUT2D eigenvalue weighted by atomic mass is 79.9. The van der Waals surface area contributed by atoms with Crippen LogP contribution in [0.1, 0.15) is 48.5 Å². The van der Waals surface area contributed by atoms with Gasteiger partial charge in [-0.25, -0.2) is 13.6 Å². The minimum atomic E-state index is -3.85. The average molecular weight is 377 g/mol. The molecule has 3 N–H and O–H groups in total. The second-order valence-electron chi connectivity index (χ2n) is 4.94. The van der Waals surface area contributed by atoms with Crippen LogP contribution in [0.25, 0.3) is 0 Å². The first-order valence-electron chi connectivity index (χ1n) is 6.88. The number of nitrogens with one attached hydrogen (secondary N) is 1. The lowest BCUT2D eigenvalue weighted by Crippen LogP contribution is -2.26. The van der Waals surface area contributed by atoms with E-state index in [0.29, 0.717) is 22.1 Å². The van der Waals surface area contributed by atoms with Crippen molar-refractivity contribution in [1.82, 2.24) is 5.32 Å². The van der Waals surface area contributed by atoms with Gasteiger partial charge in [-0.15, -0.1) is 0 Å². The number of amides is 1. The van der Waals surface area contributed by atoms with Gasteiger partial charge >= 0.3 is 0 Å². The summed E-state index contributed by atoms with van der Waals surface area (Å²) in [6, 6.07) is 3.01. The van der Waals surface area contributed by atoms with Crippen LogP contribution in [0, 0.1) is 6.92 Å². The fraction of sp³-hybridized carbons (Fsp3) is 0.500. The lowest BCUT2D eigenvalue weighted by molar-refractivity contribution is 0.0952. The van der Waals surface area contributed by atoms with Crippen molar-refractivity contribution in [2.75, 3.05) is 6.54 Å². The first-order chi connectivity index (χ1) is 9.77. The van der Waals surface area contributed by atoms with Crippen LogP contribution < -0.4 is 10.5 Å². The molecule has 0 fully saturated rings. The van der Waals surface area contributed by atoms with Crippen molar-refractivity contribution in [2.45, 2.75) is 44.4 Å². The van der Waals surface area contributed by atoms with Gasteiger partial charge in [-0.3, -0.25) is 4.79 Å². The Labute approximate surface area is 134 Å². The van der Waals surface area contributed by atoms with Gasteiger partial charge in [0, 0.05) is 16.6 Å². The highest BCUT2D eigenvalue weighted by Gasteiger charge is 2.19. The summed E-state index contributed by atoms with van der Waals surface area (Å²) < 4.78 is 23.6. The predicted octanol–water partition coefficient (Wildman–Crippen LogP) is 2.72. The molecule has 0 aromatic heterocycles. The van der Waals surface area contributed by atoms with E-state index in [-0.39, 0.29) is 10.8 Å². The van der Waals surface area contributed by atoms with Crippen molar-refractivity contribution in [3.8, 4) is 0 Å². The average Bonchev–Trinajstić information content (AvgIpc) is 2.39. The van der Waals surface area contributed by atoms with Crippen LogP contribution in [-0.2, 0) is 10.0 Å². The maximum Gasteiger partial charge on any atom is 0.251 e. The van der Waals surface area contributed by atoms with Gasteiger partial charge in [0.2, 0.25) is 10.0 Å². The molecule has 1 amide bonds. The molecule has 1 rings (SSSR count). The number of rotatable bonds is 7. The molecular weight excluding hydrogens is 356 g/mol. The van der Waals surface area contributed by atoms with E-state index in [1.54, 1.807) is 13.0 Å². The zero-order valence-corrected chi connectivity index (χ0v) is 14.7. The van der Waals surface area contributed by atoms with Gasteiger partial charge in [0.15, 0.2) is 0 Å². The maximum atomic E-state index is 12.2. The molecular formula is C14H21BrN2O3S. The normalized spacial score (nSPS) is 11.4. The van der Waals surface area contributed by atoms with Crippen LogP contribution >= 0.6 is 15.9 Å². The van der Waals surface area contributed by atoms with Crippen molar-refractivity contribution in [3.05, 3.63) is 27.7 Å². The molecule has 0 aliphatic heterocycles. The fourth-order valence-electron chi connectivity index (χ4n) is 2.03. The van der Waals surface area contributed by atoms with E-state index in [0.717, 1.165) is 25.7 Å². The predicted molar refractivity (Wildman–Crippen MR) is 86.7 cm³/mol. The number of hydrogen-bond acceptors (Lipinski definition) is 3. The minimum Gasteiger partial charge on any atom is -0.352 e. The SMILES string of the molecule is CCCCCCNC(=O)c1cc(Br)cc(S(N)(=O)=O)c1C. The second-order valence-corrected chi connectivity index (χ2v) is 7.38. The third-order valence-corrected chi connectivity index (χ3v) is 4.69. The summed E-state index contributed by atoms with van der Waals surface area (Å²) in [5.41, 5.74) is 0.690. The van der Waals surface area contributed by atoms with E-state index in [9.17, 15) is 13.2 Å². The van der Waals surface area contributed by atoms with Crippen LogP contribution in [0.4, 0.5) is 0 Å². The molecule has 0 bridgehead atoms. The van der Waals surface area contributed by atoms with Gasteiger partial charge in [0.25, 0.3) is 5.91 Å². The maximum absolute atomic E-state index is 12.2. The van der Waals surface area contributed by atoms with Gasteiger partial charge in [0.05, 0.1) is 4.90 Å². The monoisotopic (exact) mass is 376 g/mol. The Morgan fingerprint density at radius 3 is 2.52 bits per heavy atom. The van der Waals surface area contributed by atoms with Gasteiger partial charge in [-0.1, -0.05) is 42.1 Å². The number of halogens is 1. The Morgan fingerprint density at radius 1 is 1.29 bits per heavy atom. The second kappa shape index (κ2) is 7.91. The van der Waals surface area contributed by atoms with E-state index in [4.69, 9.17) is 5.14 Å². The Kier molecular flexibility index (Phi) is 6.83. The van der Waals surface area contributed by atoms with Crippen molar-refractivity contribution in [1.29, 1.82) is 0 Å². The van der Waals surface area contributed by atoms with Crippen LogP contribution in [0.15, 0.2) is 21.5 Å². The summed E-state index contributed by atoms with van der Waals surface area (Å²) in [5, 5.41) is 7.98. The summed E-state index contributed by atoms with van der Waals surface area (Å²) in [6.45, 7) is 4.28. The molecule has 0 saturated heterocycles. The number of sulfonamides is 1. The third-order valence-electron chi connectivity index (χ3n) is 3.19. The van der Waals surface area contributed by atoms with E-state index >= 15 is 0 Å². The molecule has 0 aliphatic carbocycles. The Bertz CT molecular complexity index is 615. The highest BCUT2D eigenvalue weighted by Crippen LogP contribution is 2.24.